The molecule has 1 amide bonds. The van der Waals surface area contributed by atoms with Gasteiger partial charge in [0.1, 0.15) is 5.82 Å². The number of carbonyl (C=O) groups is 1. The summed E-state index contributed by atoms with van der Waals surface area (Å²) in [5.41, 5.74) is 2.94. The smallest absolute Gasteiger partial charge is 0.254 e. The molecule has 6 nitrogen and oxygen atoms in total. The topological polar surface area (TPSA) is 51.7 Å². The number of piperazine rings is 1. The molecule has 154 valence electrons. The summed E-state index contributed by atoms with van der Waals surface area (Å²) in [4.78, 5) is 24.0. The first kappa shape index (κ1) is 19.7. The van der Waals surface area contributed by atoms with E-state index in [1.807, 2.05) is 17.0 Å². The summed E-state index contributed by atoms with van der Waals surface area (Å²) in [6, 6.07) is 12.1. The first-order valence-electron chi connectivity index (χ1n) is 10.7. The van der Waals surface area contributed by atoms with Gasteiger partial charge < -0.3 is 20.0 Å². The van der Waals surface area contributed by atoms with Crippen molar-refractivity contribution >= 4 is 23.1 Å². The zero-order valence-electron chi connectivity index (χ0n) is 17.3. The predicted molar refractivity (Wildman–Crippen MR) is 118 cm³/mol. The molecule has 3 heterocycles. The summed E-state index contributed by atoms with van der Waals surface area (Å²) in [5, 5.41) is 3.34. The minimum atomic E-state index is 0.114. The SMILES string of the molecule is CN1CCN(c2ccc(Nc3cc(C(=O)N4CCCCCC4)ccn3)cc2)CC1. The lowest BCUT2D eigenvalue weighted by molar-refractivity contribution is 0.0761. The number of likely N-dealkylation sites (N-methyl/N-ethyl adjacent to an activating group) is 1. The molecule has 0 unspecified atom stereocenters. The Morgan fingerprint density at radius 1 is 0.897 bits per heavy atom. The highest BCUT2D eigenvalue weighted by atomic mass is 16.2. The number of nitrogens with zero attached hydrogens (tertiary/aromatic N) is 4. The van der Waals surface area contributed by atoms with Crippen molar-refractivity contribution in [3.8, 4) is 0 Å². The Morgan fingerprint density at radius 3 is 2.28 bits per heavy atom. The molecule has 4 rings (SSSR count). The third kappa shape index (κ3) is 5.07. The lowest BCUT2D eigenvalue weighted by Crippen LogP contribution is -2.44. The predicted octanol–water partition coefficient (Wildman–Crippen LogP) is 3.59. The molecule has 1 aromatic heterocycles. The molecule has 6 heteroatoms. The summed E-state index contributed by atoms with van der Waals surface area (Å²) >= 11 is 0. The van der Waals surface area contributed by atoms with E-state index in [1.54, 1.807) is 6.20 Å². The molecule has 2 aliphatic heterocycles. The number of carbonyl (C=O) groups excluding carboxylic acids is 1. The van der Waals surface area contributed by atoms with Crippen LogP contribution in [0, 0.1) is 0 Å². The molecule has 0 aliphatic carbocycles. The molecule has 0 saturated carbocycles. The van der Waals surface area contributed by atoms with E-state index in [1.165, 1.54) is 18.5 Å². The van der Waals surface area contributed by atoms with Gasteiger partial charge in [-0.3, -0.25) is 4.79 Å². The van der Waals surface area contributed by atoms with Crippen molar-refractivity contribution in [2.75, 3.05) is 56.5 Å². The maximum Gasteiger partial charge on any atom is 0.254 e. The van der Waals surface area contributed by atoms with Crippen LogP contribution in [0.25, 0.3) is 0 Å². The molecule has 29 heavy (non-hydrogen) atoms. The number of anilines is 3. The average molecular weight is 394 g/mol. The number of aromatic nitrogens is 1. The molecular weight excluding hydrogens is 362 g/mol. The van der Waals surface area contributed by atoms with E-state index in [0.29, 0.717) is 11.4 Å². The Bertz CT molecular complexity index is 806. The fraction of sp³-hybridized carbons (Fsp3) is 0.478. The van der Waals surface area contributed by atoms with E-state index >= 15 is 0 Å². The second kappa shape index (κ2) is 9.27. The summed E-state index contributed by atoms with van der Waals surface area (Å²) < 4.78 is 0. The number of hydrogen-bond acceptors (Lipinski definition) is 5. The number of benzene rings is 1. The van der Waals surface area contributed by atoms with Gasteiger partial charge in [0.2, 0.25) is 0 Å². The summed E-state index contributed by atoms with van der Waals surface area (Å²) in [6.45, 7) is 6.04. The zero-order valence-corrected chi connectivity index (χ0v) is 17.3. The van der Waals surface area contributed by atoms with E-state index in [9.17, 15) is 4.79 Å². The van der Waals surface area contributed by atoms with Gasteiger partial charge in [-0.15, -0.1) is 0 Å². The molecule has 0 radical (unpaired) electrons. The number of likely N-dealkylation sites (tertiary alicyclic amines) is 1. The van der Waals surface area contributed by atoms with Crippen molar-refractivity contribution < 1.29 is 4.79 Å². The van der Waals surface area contributed by atoms with Crippen LogP contribution in [0.3, 0.4) is 0 Å². The van der Waals surface area contributed by atoms with Crippen molar-refractivity contribution in [1.82, 2.24) is 14.8 Å². The van der Waals surface area contributed by atoms with E-state index < -0.39 is 0 Å². The average Bonchev–Trinajstić information content (AvgIpc) is 3.04. The Labute approximate surface area is 173 Å². The maximum absolute atomic E-state index is 12.9. The molecule has 2 saturated heterocycles. The molecule has 2 fully saturated rings. The zero-order chi connectivity index (χ0) is 20.1. The summed E-state index contributed by atoms with van der Waals surface area (Å²) in [5.74, 6) is 0.820. The third-order valence-electron chi connectivity index (χ3n) is 5.91. The van der Waals surface area contributed by atoms with Crippen molar-refractivity contribution in [2.45, 2.75) is 25.7 Å². The Morgan fingerprint density at radius 2 is 1.59 bits per heavy atom. The van der Waals surface area contributed by atoms with Crippen LogP contribution in [0.4, 0.5) is 17.2 Å². The molecule has 2 aromatic rings. The third-order valence-corrected chi connectivity index (χ3v) is 5.91. The Kier molecular flexibility index (Phi) is 6.30. The molecule has 1 N–H and O–H groups in total. The van der Waals surface area contributed by atoms with Crippen molar-refractivity contribution in [2.24, 2.45) is 0 Å². The van der Waals surface area contributed by atoms with Gasteiger partial charge in [0.25, 0.3) is 5.91 Å². The van der Waals surface area contributed by atoms with Gasteiger partial charge >= 0.3 is 0 Å². The normalized spacial score (nSPS) is 18.4. The number of amides is 1. The van der Waals surface area contributed by atoms with Gasteiger partial charge in [0.15, 0.2) is 0 Å². The first-order valence-corrected chi connectivity index (χ1v) is 10.7. The van der Waals surface area contributed by atoms with Crippen LogP contribution in [-0.2, 0) is 0 Å². The lowest BCUT2D eigenvalue weighted by Gasteiger charge is -2.34. The fourth-order valence-corrected chi connectivity index (χ4v) is 4.06. The molecule has 2 aliphatic rings. The van der Waals surface area contributed by atoms with Crippen molar-refractivity contribution in [3.63, 3.8) is 0 Å². The second-order valence-electron chi connectivity index (χ2n) is 8.10. The highest BCUT2D eigenvalue weighted by molar-refractivity contribution is 5.95. The quantitative estimate of drug-likeness (QED) is 0.860. The van der Waals surface area contributed by atoms with Gasteiger partial charge in [0, 0.05) is 62.4 Å². The van der Waals surface area contributed by atoms with Crippen LogP contribution in [0.1, 0.15) is 36.0 Å². The number of rotatable bonds is 4. The maximum atomic E-state index is 12.9. The van der Waals surface area contributed by atoms with Gasteiger partial charge in [0.05, 0.1) is 0 Å². The van der Waals surface area contributed by atoms with E-state index in [0.717, 1.165) is 57.8 Å². The number of nitrogens with one attached hydrogen (secondary N) is 1. The van der Waals surface area contributed by atoms with Crippen molar-refractivity contribution in [3.05, 3.63) is 48.2 Å². The minimum absolute atomic E-state index is 0.114. The Hall–Kier alpha value is -2.60. The monoisotopic (exact) mass is 393 g/mol. The van der Waals surface area contributed by atoms with Crippen LogP contribution in [-0.4, -0.2) is 67.0 Å². The molecule has 0 spiro atoms. The summed E-state index contributed by atoms with van der Waals surface area (Å²) in [7, 11) is 2.17. The molecular formula is C23H31N5O. The van der Waals surface area contributed by atoms with Gasteiger partial charge in [-0.25, -0.2) is 4.98 Å². The van der Waals surface area contributed by atoms with Crippen LogP contribution >= 0.6 is 0 Å². The van der Waals surface area contributed by atoms with E-state index in [-0.39, 0.29) is 5.91 Å². The van der Waals surface area contributed by atoms with Crippen LogP contribution in [0.2, 0.25) is 0 Å². The Balaban J connectivity index is 1.40. The van der Waals surface area contributed by atoms with E-state index in [4.69, 9.17) is 0 Å². The minimum Gasteiger partial charge on any atom is -0.369 e. The number of pyridine rings is 1. The molecule has 1 aromatic carbocycles. The second-order valence-corrected chi connectivity index (χ2v) is 8.10. The highest BCUT2D eigenvalue weighted by Crippen LogP contribution is 2.22. The van der Waals surface area contributed by atoms with Crippen LogP contribution < -0.4 is 10.2 Å². The van der Waals surface area contributed by atoms with Gasteiger partial charge in [-0.2, -0.15) is 0 Å². The largest absolute Gasteiger partial charge is 0.369 e. The van der Waals surface area contributed by atoms with Gasteiger partial charge in [-0.05, 0) is 56.3 Å². The molecule has 0 bridgehead atoms. The highest BCUT2D eigenvalue weighted by Gasteiger charge is 2.18. The van der Waals surface area contributed by atoms with E-state index in [2.05, 4.69) is 51.4 Å². The number of hydrogen-bond donors (Lipinski definition) is 1. The van der Waals surface area contributed by atoms with Crippen LogP contribution in [0.5, 0.6) is 0 Å². The summed E-state index contributed by atoms with van der Waals surface area (Å²) in [6.07, 6.45) is 6.35. The van der Waals surface area contributed by atoms with Crippen LogP contribution in [0.15, 0.2) is 42.6 Å². The molecule has 0 atom stereocenters. The fourth-order valence-electron chi connectivity index (χ4n) is 4.06. The van der Waals surface area contributed by atoms with Crippen molar-refractivity contribution in [1.29, 1.82) is 0 Å². The van der Waals surface area contributed by atoms with Gasteiger partial charge in [-0.1, -0.05) is 12.8 Å². The standard InChI is InChI=1S/C23H31N5O/c1-26-14-16-27(17-15-26)21-8-6-20(7-9-21)25-22-18-19(10-11-24-22)23(29)28-12-4-2-3-5-13-28/h6-11,18H,2-5,12-17H2,1H3,(H,24,25). The lowest BCUT2D eigenvalue weighted by atomic mass is 10.2. The first-order chi connectivity index (χ1) is 14.2.